The number of benzene rings is 1. The van der Waals surface area contributed by atoms with Crippen molar-refractivity contribution >= 4 is 17.3 Å². The second-order valence-electron chi connectivity index (χ2n) is 11.8. The van der Waals surface area contributed by atoms with Gasteiger partial charge >= 0.3 is 0 Å². The molecule has 2 aromatic heterocycles. The first-order valence-electron chi connectivity index (χ1n) is 14.4. The van der Waals surface area contributed by atoms with Crippen LogP contribution < -0.4 is 15.5 Å². The minimum absolute atomic E-state index is 0.101. The normalized spacial score (nSPS) is 21.4. The molecule has 1 aromatic carbocycles. The third kappa shape index (κ3) is 5.41. The van der Waals surface area contributed by atoms with Crippen molar-refractivity contribution in [2.75, 3.05) is 54.8 Å². The fraction of sp³-hybridized carbons (Fsp3) is 0.484. The third-order valence-corrected chi connectivity index (χ3v) is 8.91. The molecule has 3 aromatic rings. The number of para-hydroxylation sites is 1. The van der Waals surface area contributed by atoms with Crippen LogP contribution in [0.15, 0.2) is 42.6 Å². The highest BCUT2D eigenvalue weighted by Crippen LogP contribution is 2.40. The summed E-state index contributed by atoms with van der Waals surface area (Å²) < 4.78 is 0. The first kappa shape index (κ1) is 26.3. The Labute approximate surface area is 236 Å². The number of nitrogens with zero attached hydrogens (tertiary/aromatic N) is 7. The average molecular weight is 539 g/mol. The van der Waals surface area contributed by atoms with Crippen LogP contribution in [0.4, 0.5) is 17.3 Å². The molecule has 5 heterocycles. The van der Waals surface area contributed by atoms with Crippen molar-refractivity contribution in [1.29, 1.82) is 0 Å². The molecule has 0 amide bonds. The molecule has 4 aliphatic rings. The highest BCUT2D eigenvalue weighted by Gasteiger charge is 2.41. The zero-order valence-corrected chi connectivity index (χ0v) is 23.4. The van der Waals surface area contributed by atoms with Crippen LogP contribution in [0.25, 0.3) is 11.3 Å². The largest absolute Gasteiger partial charge is 0.507 e. The monoisotopic (exact) mass is 538 g/mol. The van der Waals surface area contributed by atoms with E-state index < -0.39 is 0 Å². The van der Waals surface area contributed by atoms with Crippen LogP contribution in [0, 0.1) is 23.2 Å². The van der Waals surface area contributed by atoms with E-state index in [2.05, 4.69) is 55.6 Å². The van der Waals surface area contributed by atoms with E-state index in [1.54, 1.807) is 12.1 Å². The molecular formula is C31H38N8O. The maximum atomic E-state index is 10.3. The van der Waals surface area contributed by atoms with Gasteiger partial charge in [-0.1, -0.05) is 25.0 Å². The van der Waals surface area contributed by atoms with E-state index in [0.717, 1.165) is 69.0 Å². The van der Waals surface area contributed by atoms with Gasteiger partial charge in [-0.25, -0.2) is 9.97 Å². The lowest BCUT2D eigenvalue weighted by Gasteiger charge is -2.43. The Morgan fingerprint density at radius 3 is 2.67 bits per heavy atom. The van der Waals surface area contributed by atoms with Gasteiger partial charge in [0.2, 0.25) is 5.82 Å². The maximum Gasteiger partial charge on any atom is 0.206 e. The van der Waals surface area contributed by atoms with Crippen LogP contribution in [0.3, 0.4) is 0 Å². The summed E-state index contributed by atoms with van der Waals surface area (Å²) in [4.78, 5) is 16.3. The van der Waals surface area contributed by atoms with Crippen LogP contribution in [0.5, 0.6) is 5.75 Å². The average Bonchev–Trinajstić information content (AvgIpc) is 3.54. The Bertz CT molecular complexity index is 1420. The number of phenolic OH excluding ortho intramolecular Hbond substituents is 1. The number of phenols is 1. The fourth-order valence-electron chi connectivity index (χ4n) is 6.36. The van der Waals surface area contributed by atoms with Crippen molar-refractivity contribution < 1.29 is 5.11 Å². The summed E-state index contributed by atoms with van der Waals surface area (Å²) in [7, 11) is 0. The van der Waals surface area contributed by atoms with Crippen molar-refractivity contribution in [2.45, 2.75) is 45.6 Å². The standard InChI is InChI=1S/C31H38N8O/c1-3-37(26-19-25(35-36-30(26)32)24-7-4-5-8-27(24)40)21-31(2)11-15-38(16-12-31)29-10-13-33-28(34-29)9-6-14-39-20-22-17-23(39)18-22/h4-5,7-8,10,13,19,22-23,40H,3,11-12,14-18,20-21H2,1-2H3,(H2,32,36). The molecule has 0 atom stereocenters. The van der Waals surface area contributed by atoms with Crippen molar-refractivity contribution in [3.8, 4) is 28.8 Å². The summed E-state index contributed by atoms with van der Waals surface area (Å²) in [5.74, 6) is 9.54. The molecular weight excluding hydrogens is 500 g/mol. The van der Waals surface area contributed by atoms with Gasteiger partial charge in [0.1, 0.15) is 11.6 Å². The number of fused-ring (bicyclic) bond motifs is 1. The predicted octanol–water partition coefficient (Wildman–Crippen LogP) is 3.80. The van der Waals surface area contributed by atoms with Crippen LogP contribution in [-0.2, 0) is 0 Å². The molecule has 7 rings (SSSR count). The second-order valence-corrected chi connectivity index (χ2v) is 11.8. The summed E-state index contributed by atoms with van der Waals surface area (Å²) in [6.07, 6.45) is 6.58. The predicted molar refractivity (Wildman–Crippen MR) is 158 cm³/mol. The number of nitrogen functional groups attached to an aromatic ring is 1. The summed E-state index contributed by atoms with van der Waals surface area (Å²) in [5.41, 5.74) is 8.52. The molecule has 2 bridgehead atoms. The van der Waals surface area contributed by atoms with E-state index in [1.165, 1.54) is 19.4 Å². The van der Waals surface area contributed by atoms with Gasteiger partial charge in [0.15, 0.2) is 5.82 Å². The molecule has 3 N–H and O–H groups in total. The van der Waals surface area contributed by atoms with Gasteiger partial charge in [0, 0.05) is 50.5 Å². The van der Waals surface area contributed by atoms with Gasteiger partial charge in [0.05, 0.1) is 17.9 Å². The van der Waals surface area contributed by atoms with Gasteiger partial charge in [0.25, 0.3) is 0 Å². The lowest BCUT2D eigenvalue weighted by atomic mass is 9.79. The van der Waals surface area contributed by atoms with Crippen LogP contribution in [0.2, 0.25) is 0 Å². The Kier molecular flexibility index (Phi) is 7.20. The number of hydrogen-bond donors (Lipinski definition) is 2. The van der Waals surface area contributed by atoms with Gasteiger partial charge in [-0.3, -0.25) is 4.90 Å². The van der Waals surface area contributed by atoms with Crippen molar-refractivity contribution in [3.05, 3.63) is 48.4 Å². The molecule has 9 nitrogen and oxygen atoms in total. The molecule has 1 saturated carbocycles. The second kappa shape index (κ2) is 10.9. The fourth-order valence-corrected chi connectivity index (χ4v) is 6.36. The minimum Gasteiger partial charge on any atom is -0.507 e. The van der Waals surface area contributed by atoms with Crippen molar-refractivity contribution in [1.82, 2.24) is 25.1 Å². The van der Waals surface area contributed by atoms with Crippen LogP contribution >= 0.6 is 0 Å². The molecule has 0 spiro atoms. The SMILES string of the molecule is CCN(CC1(C)CCN(c2ccnc(C#CCN3CC4CC3C4)n2)CC1)c1cc(-c2ccccc2O)nnc1N. The highest BCUT2D eigenvalue weighted by molar-refractivity contribution is 5.74. The van der Waals surface area contributed by atoms with E-state index in [-0.39, 0.29) is 11.2 Å². The number of piperidine rings is 1. The van der Waals surface area contributed by atoms with Crippen molar-refractivity contribution in [3.63, 3.8) is 0 Å². The molecule has 1 aliphatic carbocycles. The molecule has 0 radical (unpaired) electrons. The molecule has 4 fully saturated rings. The molecule has 208 valence electrons. The topological polar surface area (TPSA) is 108 Å². The Hall–Kier alpha value is -3.90. The number of hydrogen-bond acceptors (Lipinski definition) is 9. The molecule has 0 unspecified atom stereocenters. The van der Waals surface area contributed by atoms with Gasteiger partial charge in [-0.2, -0.15) is 0 Å². The summed E-state index contributed by atoms with van der Waals surface area (Å²) >= 11 is 0. The number of aromatic nitrogens is 4. The lowest BCUT2D eigenvalue weighted by Crippen LogP contribution is -2.45. The Morgan fingerprint density at radius 2 is 1.95 bits per heavy atom. The zero-order valence-electron chi connectivity index (χ0n) is 23.4. The number of aromatic hydroxyl groups is 1. The number of nitrogens with two attached hydrogens (primary N) is 1. The van der Waals surface area contributed by atoms with Gasteiger partial charge < -0.3 is 20.6 Å². The minimum atomic E-state index is 0.101. The molecule has 3 saturated heterocycles. The first-order chi connectivity index (χ1) is 19.4. The zero-order chi connectivity index (χ0) is 27.7. The van der Waals surface area contributed by atoms with E-state index in [0.29, 0.717) is 22.9 Å². The maximum absolute atomic E-state index is 10.3. The highest BCUT2D eigenvalue weighted by atomic mass is 16.3. The molecule has 3 aliphatic heterocycles. The lowest BCUT2D eigenvalue weighted by molar-refractivity contribution is 0.252. The smallest absolute Gasteiger partial charge is 0.206 e. The molecule has 9 heteroatoms. The number of anilines is 3. The summed E-state index contributed by atoms with van der Waals surface area (Å²) in [6.45, 7) is 9.98. The van der Waals surface area contributed by atoms with E-state index in [4.69, 9.17) is 10.7 Å². The quantitative estimate of drug-likeness (QED) is 0.434. The van der Waals surface area contributed by atoms with Crippen LogP contribution in [-0.4, -0.2) is 75.5 Å². The van der Waals surface area contributed by atoms with E-state index >= 15 is 0 Å². The van der Waals surface area contributed by atoms with Gasteiger partial charge in [-0.05, 0) is 74.1 Å². The summed E-state index contributed by atoms with van der Waals surface area (Å²) in [6, 6.07) is 11.9. The summed E-state index contributed by atoms with van der Waals surface area (Å²) in [5, 5.41) is 18.8. The Morgan fingerprint density at radius 1 is 1.15 bits per heavy atom. The van der Waals surface area contributed by atoms with Crippen LogP contribution in [0.1, 0.15) is 45.4 Å². The third-order valence-electron chi connectivity index (χ3n) is 8.91. The van der Waals surface area contributed by atoms with Gasteiger partial charge in [-0.15, -0.1) is 10.2 Å². The van der Waals surface area contributed by atoms with Crippen molar-refractivity contribution in [2.24, 2.45) is 11.3 Å². The molecule has 40 heavy (non-hydrogen) atoms. The first-order valence-corrected chi connectivity index (χ1v) is 14.4. The Balaban J connectivity index is 1.10. The number of rotatable bonds is 7. The van der Waals surface area contributed by atoms with E-state index in [1.807, 2.05) is 30.5 Å². The van der Waals surface area contributed by atoms with E-state index in [9.17, 15) is 5.11 Å².